The third-order valence-corrected chi connectivity index (χ3v) is 5.45. The average Bonchev–Trinajstić information content (AvgIpc) is 2.87. The summed E-state index contributed by atoms with van der Waals surface area (Å²) in [7, 11) is 1.52. The SMILES string of the molecule is CCc1ncc(-c2cc(NC[C@@H](C)c3ccc(F)c4c(C(=O)NC)ccnc34)ncn2)cn1. The molecule has 0 saturated carbocycles. The molecule has 168 valence electrons. The molecule has 0 saturated heterocycles. The van der Waals surface area contributed by atoms with Crippen molar-refractivity contribution in [2.45, 2.75) is 26.2 Å². The van der Waals surface area contributed by atoms with Crippen LogP contribution in [0.5, 0.6) is 0 Å². The number of hydrogen-bond donors (Lipinski definition) is 2. The minimum absolute atomic E-state index is 0.0360. The number of nitrogens with one attached hydrogen (secondary N) is 2. The Kier molecular flexibility index (Phi) is 6.48. The van der Waals surface area contributed by atoms with E-state index < -0.39 is 5.82 Å². The molecule has 3 aromatic heterocycles. The number of carbonyl (C=O) groups excluding carboxylic acids is 1. The van der Waals surface area contributed by atoms with E-state index in [0.29, 0.717) is 23.6 Å². The van der Waals surface area contributed by atoms with Gasteiger partial charge >= 0.3 is 0 Å². The zero-order valence-corrected chi connectivity index (χ0v) is 18.6. The summed E-state index contributed by atoms with van der Waals surface area (Å²) in [6.07, 6.45) is 7.28. The predicted octanol–water partition coefficient (Wildman–Crippen LogP) is 3.76. The van der Waals surface area contributed by atoms with Gasteiger partial charge in [-0.15, -0.1) is 0 Å². The van der Waals surface area contributed by atoms with Crippen molar-refractivity contribution >= 4 is 22.6 Å². The van der Waals surface area contributed by atoms with E-state index >= 15 is 0 Å². The van der Waals surface area contributed by atoms with Crippen LogP contribution in [0, 0.1) is 5.82 Å². The van der Waals surface area contributed by atoms with Gasteiger partial charge in [-0.3, -0.25) is 9.78 Å². The molecule has 9 heteroatoms. The molecule has 3 heterocycles. The van der Waals surface area contributed by atoms with Crippen molar-refractivity contribution in [3.63, 3.8) is 0 Å². The molecule has 0 aliphatic rings. The first-order valence-electron chi connectivity index (χ1n) is 10.7. The van der Waals surface area contributed by atoms with Gasteiger partial charge in [0.25, 0.3) is 5.91 Å². The molecular formula is C24H24FN7O. The highest BCUT2D eigenvalue weighted by molar-refractivity contribution is 6.06. The molecular weight excluding hydrogens is 421 g/mol. The highest BCUT2D eigenvalue weighted by Crippen LogP contribution is 2.29. The Morgan fingerprint density at radius 3 is 2.61 bits per heavy atom. The van der Waals surface area contributed by atoms with Gasteiger partial charge in [0.2, 0.25) is 0 Å². The summed E-state index contributed by atoms with van der Waals surface area (Å²) in [5.41, 5.74) is 3.09. The van der Waals surface area contributed by atoms with E-state index in [1.54, 1.807) is 18.5 Å². The van der Waals surface area contributed by atoms with Gasteiger partial charge in [-0.2, -0.15) is 0 Å². The number of pyridine rings is 1. The van der Waals surface area contributed by atoms with Crippen LogP contribution in [0.2, 0.25) is 0 Å². The van der Waals surface area contributed by atoms with Gasteiger partial charge in [0.15, 0.2) is 0 Å². The first-order valence-corrected chi connectivity index (χ1v) is 10.7. The van der Waals surface area contributed by atoms with Gasteiger partial charge in [-0.25, -0.2) is 24.3 Å². The second kappa shape index (κ2) is 9.64. The van der Waals surface area contributed by atoms with Crippen LogP contribution in [0.4, 0.5) is 10.2 Å². The van der Waals surface area contributed by atoms with E-state index in [0.717, 1.165) is 23.4 Å². The van der Waals surface area contributed by atoms with Crippen LogP contribution in [-0.4, -0.2) is 44.4 Å². The average molecular weight is 446 g/mol. The first-order chi connectivity index (χ1) is 16.0. The van der Waals surface area contributed by atoms with Crippen molar-refractivity contribution in [2.75, 3.05) is 18.9 Å². The lowest BCUT2D eigenvalue weighted by atomic mass is 9.95. The Balaban J connectivity index is 1.56. The molecule has 8 nitrogen and oxygen atoms in total. The lowest BCUT2D eigenvalue weighted by Crippen LogP contribution is -2.19. The summed E-state index contributed by atoms with van der Waals surface area (Å²) in [4.78, 5) is 33.8. The van der Waals surface area contributed by atoms with E-state index in [1.807, 2.05) is 19.9 Å². The predicted molar refractivity (Wildman–Crippen MR) is 124 cm³/mol. The number of rotatable bonds is 7. The number of benzene rings is 1. The molecule has 0 aliphatic heterocycles. The van der Waals surface area contributed by atoms with Crippen LogP contribution in [0.1, 0.15) is 41.5 Å². The number of hydrogen-bond acceptors (Lipinski definition) is 7. The number of fused-ring (bicyclic) bond motifs is 1. The highest BCUT2D eigenvalue weighted by Gasteiger charge is 2.18. The lowest BCUT2D eigenvalue weighted by molar-refractivity contribution is 0.0964. The smallest absolute Gasteiger partial charge is 0.251 e. The minimum atomic E-state index is -0.475. The largest absolute Gasteiger partial charge is 0.369 e. The third-order valence-electron chi connectivity index (χ3n) is 5.45. The first kappa shape index (κ1) is 22.2. The fourth-order valence-electron chi connectivity index (χ4n) is 3.62. The standard InChI is InChI=1S/C24H24FN7O/c1-4-20-29-11-15(12-30-20)19-9-21(32-13-31-19)28-10-14(2)16-5-6-18(25)22-17(24(33)26-3)7-8-27-23(16)22/h5-9,11-14H,4,10H2,1-3H3,(H,26,33)(H,28,31,32)/t14-/m1/s1. The fraction of sp³-hybridized carbons (Fsp3) is 0.250. The molecule has 1 aromatic carbocycles. The third kappa shape index (κ3) is 4.62. The zero-order chi connectivity index (χ0) is 23.4. The van der Waals surface area contributed by atoms with Crippen molar-refractivity contribution < 1.29 is 9.18 Å². The number of aromatic nitrogens is 5. The Morgan fingerprint density at radius 1 is 1.09 bits per heavy atom. The summed E-state index contributed by atoms with van der Waals surface area (Å²) < 4.78 is 14.6. The second-order valence-electron chi connectivity index (χ2n) is 7.61. The van der Waals surface area contributed by atoms with E-state index in [-0.39, 0.29) is 22.8 Å². The lowest BCUT2D eigenvalue weighted by Gasteiger charge is -2.17. The van der Waals surface area contributed by atoms with Crippen molar-refractivity contribution in [3.8, 4) is 11.3 Å². The molecule has 1 atom stereocenters. The number of nitrogens with zero attached hydrogens (tertiary/aromatic N) is 5. The molecule has 0 unspecified atom stereocenters. The number of amides is 1. The quantitative estimate of drug-likeness (QED) is 0.446. The zero-order valence-electron chi connectivity index (χ0n) is 18.6. The second-order valence-corrected chi connectivity index (χ2v) is 7.61. The normalized spacial score (nSPS) is 11.9. The number of carbonyl (C=O) groups is 1. The number of halogens is 1. The van der Waals surface area contributed by atoms with Crippen molar-refractivity contribution in [2.24, 2.45) is 0 Å². The van der Waals surface area contributed by atoms with Gasteiger partial charge in [0, 0.05) is 61.5 Å². The van der Waals surface area contributed by atoms with Crippen molar-refractivity contribution in [1.29, 1.82) is 0 Å². The summed E-state index contributed by atoms with van der Waals surface area (Å²) in [5.74, 6) is 0.564. The van der Waals surface area contributed by atoms with Gasteiger partial charge in [0.05, 0.1) is 16.8 Å². The van der Waals surface area contributed by atoms with Crippen LogP contribution in [0.15, 0.2) is 49.2 Å². The molecule has 0 fully saturated rings. The molecule has 4 rings (SSSR count). The Hall–Kier alpha value is -4.01. The van der Waals surface area contributed by atoms with Gasteiger partial charge in [-0.1, -0.05) is 19.9 Å². The molecule has 0 aliphatic carbocycles. The van der Waals surface area contributed by atoms with Gasteiger partial charge in [-0.05, 0) is 17.7 Å². The molecule has 0 spiro atoms. The molecule has 33 heavy (non-hydrogen) atoms. The molecule has 1 amide bonds. The topological polar surface area (TPSA) is 106 Å². The maximum absolute atomic E-state index is 14.6. The van der Waals surface area contributed by atoms with Crippen molar-refractivity contribution in [1.82, 2.24) is 30.2 Å². The Labute approximate surface area is 190 Å². The molecule has 4 aromatic rings. The van der Waals surface area contributed by atoms with E-state index in [9.17, 15) is 9.18 Å². The fourth-order valence-corrected chi connectivity index (χ4v) is 3.62. The summed E-state index contributed by atoms with van der Waals surface area (Å²) >= 11 is 0. The van der Waals surface area contributed by atoms with E-state index in [4.69, 9.17) is 0 Å². The molecule has 2 N–H and O–H groups in total. The highest BCUT2D eigenvalue weighted by atomic mass is 19.1. The van der Waals surface area contributed by atoms with Crippen LogP contribution in [0.3, 0.4) is 0 Å². The number of aryl methyl sites for hydroxylation is 1. The van der Waals surface area contributed by atoms with Gasteiger partial charge in [0.1, 0.15) is 23.8 Å². The summed E-state index contributed by atoms with van der Waals surface area (Å²) in [5, 5.41) is 6.09. The van der Waals surface area contributed by atoms with Crippen LogP contribution in [-0.2, 0) is 6.42 Å². The van der Waals surface area contributed by atoms with E-state index in [2.05, 4.69) is 35.6 Å². The summed E-state index contributed by atoms with van der Waals surface area (Å²) in [6.45, 7) is 4.53. The maximum atomic E-state index is 14.6. The van der Waals surface area contributed by atoms with E-state index in [1.165, 1.54) is 31.7 Å². The maximum Gasteiger partial charge on any atom is 0.251 e. The molecule has 0 bridgehead atoms. The number of anilines is 1. The molecule has 0 radical (unpaired) electrons. The Morgan fingerprint density at radius 2 is 1.88 bits per heavy atom. The monoisotopic (exact) mass is 445 g/mol. The van der Waals surface area contributed by atoms with Crippen LogP contribution >= 0.6 is 0 Å². The van der Waals surface area contributed by atoms with Crippen molar-refractivity contribution in [3.05, 3.63) is 72.0 Å². The minimum Gasteiger partial charge on any atom is -0.369 e. The van der Waals surface area contributed by atoms with Crippen LogP contribution in [0.25, 0.3) is 22.2 Å². The Bertz CT molecular complexity index is 1290. The van der Waals surface area contributed by atoms with Crippen LogP contribution < -0.4 is 10.6 Å². The summed E-state index contributed by atoms with van der Waals surface area (Å²) in [6, 6.07) is 6.45. The van der Waals surface area contributed by atoms with Gasteiger partial charge < -0.3 is 10.6 Å².